The number of phenolic OH excluding ortho intramolecular Hbond substituents is 6. The largest absolute Gasteiger partial charge is 0.663 e. The van der Waals surface area contributed by atoms with E-state index in [2.05, 4.69) is 30.3 Å². The number of ether oxygens (including phenoxy) is 2. The van der Waals surface area contributed by atoms with Gasteiger partial charge in [-0.3, -0.25) is 10.5 Å². The first kappa shape index (κ1) is 43.9. The number of carbonyl (C=O) groups excluding carboxylic acids is 1. The molecule has 0 saturated heterocycles. The molecule has 0 aliphatic heterocycles. The van der Waals surface area contributed by atoms with Crippen LogP contribution < -0.4 is 20.2 Å². The fraction of sp³-hybridized carbons (Fsp3) is 0.375. The number of Topliss-reactive ketones (excluding diaryl/α,β-unsaturated/α-hetero) is 1. The number of nitrogens with zero attached hydrogens (tertiary/aromatic N) is 1. The predicted octanol–water partition coefficient (Wildman–Crippen LogP) is 8.90. The van der Waals surface area contributed by atoms with Crippen LogP contribution >= 0.6 is 0 Å². The van der Waals surface area contributed by atoms with Gasteiger partial charge in [-0.1, -0.05) is 66.6 Å². The minimum atomic E-state index is -1.09. The number of aryl methyl sites for hydroxylation is 1. The van der Waals surface area contributed by atoms with Crippen LogP contribution in [-0.4, -0.2) is 54.4 Å². The van der Waals surface area contributed by atoms with E-state index in [1.807, 2.05) is 12.3 Å². The number of hydrogen-bond donors (Lipinski definition) is 8. The van der Waals surface area contributed by atoms with Crippen LogP contribution in [0.25, 0.3) is 11.3 Å². The fourth-order valence-corrected chi connectivity index (χ4v) is 14.3. The molecule has 0 spiro atoms. The average Bonchev–Trinajstić information content (AvgIpc) is 3.94. The van der Waals surface area contributed by atoms with Gasteiger partial charge in [0.15, 0.2) is 23.0 Å². The highest BCUT2D eigenvalue weighted by Gasteiger charge is 2.63. The number of carbonyl (C=O) groups is 1. The van der Waals surface area contributed by atoms with E-state index in [0.717, 1.165) is 47.2 Å². The molecule has 1 heterocycles. The van der Waals surface area contributed by atoms with Crippen LogP contribution in [0.5, 0.6) is 46.0 Å². The Kier molecular flexibility index (Phi) is 11.1. The molecule has 352 valence electrons. The van der Waals surface area contributed by atoms with Crippen molar-refractivity contribution >= 4 is 5.78 Å². The van der Waals surface area contributed by atoms with Crippen molar-refractivity contribution in [2.45, 2.75) is 93.7 Å². The van der Waals surface area contributed by atoms with Crippen molar-refractivity contribution in [1.82, 2.24) is 4.98 Å². The second kappa shape index (κ2) is 17.2. The standard InChI is InChI=1S/C56H57N2O10/c57-28-68-48-20-29(11-15-45(48)62)10-14-44(61)39-22-32(21-31-12-13-35(60)25-46(31)63)38-23-33-24-43(56-17-4-9-42(56)37-16-18-58-52(37)36-7-1-2-8-41(36)56)50(51(38)53(39)65)40-26-47(64)54(66)55(49(33)40)67-27-30-5-3-6-34(59)19-30/h1-3,5-8,11-13,15-16,18-20,25-26,32-33,38-39,42-43,50-51,53,59-60,62-66H,4,9-10,14,17,21-24,27-28,57H2/q-1/t32-,33-,38+,39+,42+,43-,50-,51-,53+,56-/m1/s1. The molecule has 6 aromatic rings. The van der Waals surface area contributed by atoms with Gasteiger partial charge in [0.2, 0.25) is 5.75 Å². The first-order valence-electron chi connectivity index (χ1n) is 24.0. The minimum absolute atomic E-state index is 0.0144. The van der Waals surface area contributed by atoms with Crippen LogP contribution in [0.2, 0.25) is 0 Å². The van der Waals surface area contributed by atoms with Gasteiger partial charge in [0.25, 0.3) is 0 Å². The molecular formula is C56H57N2O10-. The Morgan fingerprint density at radius 3 is 2.46 bits per heavy atom. The lowest BCUT2D eigenvalue weighted by Crippen LogP contribution is -2.52. The van der Waals surface area contributed by atoms with Crippen molar-refractivity contribution in [2.75, 3.05) is 6.73 Å². The Hall–Kier alpha value is -6.63. The number of rotatable bonds is 12. The molecule has 3 saturated carbocycles. The zero-order valence-corrected chi connectivity index (χ0v) is 37.7. The molecule has 3 fully saturated rings. The van der Waals surface area contributed by atoms with Gasteiger partial charge in [-0.2, -0.15) is 6.20 Å². The van der Waals surface area contributed by atoms with Crippen molar-refractivity contribution in [3.8, 4) is 57.3 Å². The highest BCUT2D eigenvalue weighted by molar-refractivity contribution is 5.82. The highest BCUT2D eigenvalue weighted by atomic mass is 16.5. The summed E-state index contributed by atoms with van der Waals surface area (Å²) >= 11 is 0. The lowest BCUT2D eigenvalue weighted by Gasteiger charge is -2.55. The van der Waals surface area contributed by atoms with Gasteiger partial charge < -0.3 is 50.2 Å². The summed E-state index contributed by atoms with van der Waals surface area (Å²) in [6.45, 7) is -0.113. The first-order valence-corrected chi connectivity index (χ1v) is 24.0. The zero-order valence-electron chi connectivity index (χ0n) is 37.7. The number of aromatic nitrogens is 1. The number of hydrogen-bond acceptors (Lipinski definition) is 11. The summed E-state index contributed by atoms with van der Waals surface area (Å²) in [7, 11) is 0. The number of aliphatic hydroxyl groups excluding tert-OH is 1. The van der Waals surface area contributed by atoms with Gasteiger partial charge in [-0.05, 0) is 156 Å². The molecule has 2 bridgehead atoms. The maximum Gasteiger partial charge on any atom is 0.200 e. The normalized spacial score (nSPS) is 27.5. The van der Waals surface area contributed by atoms with Gasteiger partial charge in [0.05, 0.1) is 6.10 Å². The van der Waals surface area contributed by atoms with Gasteiger partial charge in [-0.25, -0.2) is 0 Å². The Bertz CT molecular complexity index is 2910. The lowest BCUT2D eigenvalue weighted by atomic mass is 9.49. The molecule has 6 aliphatic rings. The highest BCUT2D eigenvalue weighted by Crippen LogP contribution is 2.72. The summed E-state index contributed by atoms with van der Waals surface area (Å²) in [4.78, 5) is 19.9. The van der Waals surface area contributed by atoms with Gasteiger partial charge >= 0.3 is 0 Å². The Morgan fingerprint density at radius 1 is 0.794 bits per heavy atom. The Morgan fingerprint density at radius 2 is 1.63 bits per heavy atom. The monoisotopic (exact) mass is 917 g/mol. The number of fused-ring (bicyclic) bond motifs is 8. The third kappa shape index (κ3) is 7.14. The molecule has 1 aromatic heterocycles. The molecular weight excluding hydrogens is 861 g/mol. The maximum atomic E-state index is 15.0. The van der Waals surface area contributed by atoms with Crippen LogP contribution in [0, 0.1) is 29.6 Å². The Labute approximate surface area is 394 Å². The second-order valence-electron chi connectivity index (χ2n) is 20.0. The number of aliphatic hydroxyl groups is 1. The van der Waals surface area contributed by atoms with Crippen molar-refractivity contribution < 1.29 is 50.0 Å². The SMILES string of the molecule is NCOc1cc(CCC(=O)[C@@H]2C[C@@H](Cc3ccc(O)cc3O)[C@@H]3C[C@@H]4C[C@@H]([C@@]56CCC[C@H]5c5cc[n-]c5-c5ccccc56)[C@@H](c5cc(O)c(O)c(OCc6cccc(O)c6)c54)[C@@H]3[C@H]2O)ccc1O. The van der Waals surface area contributed by atoms with E-state index in [-0.39, 0.29) is 101 Å². The summed E-state index contributed by atoms with van der Waals surface area (Å²) in [5, 5.41) is 79.3. The van der Waals surface area contributed by atoms with Crippen molar-refractivity contribution in [3.63, 3.8) is 0 Å². The summed E-state index contributed by atoms with van der Waals surface area (Å²) in [6, 6.07) is 28.8. The molecule has 0 unspecified atom stereocenters. The van der Waals surface area contributed by atoms with Gasteiger partial charge in [-0.15, -0.1) is 5.69 Å². The average molecular weight is 918 g/mol. The molecule has 12 nitrogen and oxygen atoms in total. The fourth-order valence-electron chi connectivity index (χ4n) is 14.3. The van der Waals surface area contributed by atoms with Crippen LogP contribution in [-0.2, 0) is 29.7 Å². The van der Waals surface area contributed by atoms with Crippen molar-refractivity contribution in [2.24, 2.45) is 35.3 Å². The van der Waals surface area contributed by atoms with E-state index in [9.17, 15) is 40.5 Å². The van der Waals surface area contributed by atoms with Crippen molar-refractivity contribution in [1.29, 1.82) is 0 Å². The number of phenols is 6. The van der Waals surface area contributed by atoms with Gasteiger partial charge in [0.1, 0.15) is 36.4 Å². The summed E-state index contributed by atoms with van der Waals surface area (Å²) in [5.74, 6) is -2.71. The molecule has 0 amide bonds. The molecule has 6 aliphatic carbocycles. The summed E-state index contributed by atoms with van der Waals surface area (Å²) in [6.07, 6.45) is 6.14. The number of aromatic hydroxyl groups is 6. The smallest absolute Gasteiger partial charge is 0.200 e. The molecule has 10 atom stereocenters. The second-order valence-corrected chi connectivity index (χ2v) is 20.0. The molecule has 12 heteroatoms. The molecule has 0 radical (unpaired) electrons. The van der Waals surface area contributed by atoms with Crippen LogP contribution in [0.1, 0.15) is 102 Å². The molecule has 12 rings (SSSR count). The summed E-state index contributed by atoms with van der Waals surface area (Å²) in [5.41, 5.74) is 13.5. The zero-order chi connectivity index (χ0) is 47.0. The summed E-state index contributed by atoms with van der Waals surface area (Å²) < 4.78 is 12.0. The van der Waals surface area contributed by atoms with Crippen LogP contribution in [0.4, 0.5) is 0 Å². The lowest BCUT2D eigenvalue weighted by molar-refractivity contribution is -0.136. The third-order valence-electron chi connectivity index (χ3n) is 16.8. The van der Waals surface area contributed by atoms with Crippen molar-refractivity contribution in [3.05, 3.63) is 142 Å². The number of ketones is 1. The van der Waals surface area contributed by atoms with E-state index in [1.165, 1.54) is 23.3 Å². The molecule has 9 N–H and O–H groups in total. The predicted molar refractivity (Wildman–Crippen MR) is 253 cm³/mol. The number of nitrogens with two attached hydrogens (primary N) is 1. The quantitative estimate of drug-likeness (QED) is 0.0427. The number of benzene rings is 5. The first-order chi connectivity index (χ1) is 32.9. The minimum Gasteiger partial charge on any atom is -0.663 e. The van der Waals surface area contributed by atoms with E-state index in [4.69, 9.17) is 20.2 Å². The Balaban J connectivity index is 1.07. The van der Waals surface area contributed by atoms with E-state index >= 15 is 0 Å². The van der Waals surface area contributed by atoms with Crippen LogP contribution in [0.3, 0.4) is 0 Å². The maximum absolute atomic E-state index is 15.0. The molecule has 5 aromatic carbocycles. The van der Waals surface area contributed by atoms with Crippen LogP contribution in [0.15, 0.2) is 103 Å². The van der Waals surface area contributed by atoms with Gasteiger partial charge in [0, 0.05) is 29.4 Å². The molecule has 68 heavy (non-hydrogen) atoms. The third-order valence-corrected chi connectivity index (χ3v) is 16.8. The van der Waals surface area contributed by atoms with E-state index in [0.29, 0.717) is 43.2 Å². The topological polar surface area (TPSA) is 217 Å². The van der Waals surface area contributed by atoms with E-state index in [1.54, 1.807) is 48.5 Å². The van der Waals surface area contributed by atoms with E-state index < -0.39 is 29.3 Å².